The fourth-order valence-electron chi connectivity index (χ4n) is 2.64. The largest absolute Gasteiger partial charge is 0.398 e. The van der Waals surface area contributed by atoms with Gasteiger partial charge in [0.1, 0.15) is 0 Å². The first-order valence-electron chi connectivity index (χ1n) is 6.76. The average molecular weight is 265 g/mol. The van der Waals surface area contributed by atoms with Gasteiger partial charge in [-0.3, -0.25) is 9.69 Å². The van der Waals surface area contributed by atoms with E-state index in [0.29, 0.717) is 12.2 Å². The summed E-state index contributed by atoms with van der Waals surface area (Å²) in [6, 6.07) is 3.16. The van der Waals surface area contributed by atoms with Gasteiger partial charge in [0, 0.05) is 44.7 Å². The number of piperidine rings is 1. The van der Waals surface area contributed by atoms with Crippen LogP contribution in [0.2, 0.25) is 0 Å². The molecule has 1 unspecified atom stereocenters. The average Bonchev–Trinajstić information content (AvgIpc) is 2.40. The standard InChI is InChI=1S/C14H23N3O2/c1-14(19-2)6-3-7-16(11-14)8-9-17-10-12(15)4-5-13(17)18/h4-5,10H,3,6-9,11,15H2,1-2H3. The van der Waals surface area contributed by atoms with Gasteiger partial charge in [0.25, 0.3) is 5.56 Å². The molecule has 1 saturated heterocycles. The van der Waals surface area contributed by atoms with Gasteiger partial charge in [-0.15, -0.1) is 0 Å². The van der Waals surface area contributed by atoms with E-state index in [1.54, 1.807) is 23.9 Å². The number of nitrogens with zero attached hydrogens (tertiary/aromatic N) is 2. The van der Waals surface area contributed by atoms with Crippen molar-refractivity contribution in [3.8, 4) is 0 Å². The second-order valence-electron chi connectivity index (χ2n) is 5.53. The molecule has 0 aromatic carbocycles. The second-order valence-corrected chi connectivity index (χ2v) is 5.53. The molecule has 5 heteroatoms. The monoisotopic (exact) mass is 265 g/mol. The van der Waals surface area contributed by atoms with Crippen LogP contribution >= 0.6 is 0 Å². The maximum Gasteiger partial charge on any atom is 0.250 e. The lowest BCUT2D eigenvalue weighted by Crippen LogP contribution is -2.48. The summed E-state index contributed by atoms with van der Waals surface area (Å²) in [7, 11) is 1.77. The zero-order valence-corrected chi connectivity index (χ0v) is 11.8. The van der Waals surface area contributed by atoms with Crippen molar-refractivity contribution in [2.24, 2.45) is 0 Å². The third-order valence-electron chi connectivity index (χ3n) is 3.89. The SMILES string of the molecule is COC1(C)CCCN(CCn2cc(N)ccc2=O)C1. The second kappa shape index (κ2) is 5.75. The minimum Gasteiger partial charge on any atom is -0.398 e. The van der Waals surface area contributed by atoms with Crippen LogP contribution in [0.15, 0.2) is 23.1 Å². The van der Waals surface area contributed by atoms with E-state index in [1.165, 1.54) is 6.07 Å². The number of aromatic nitrogens is 1. The Bertz CT molecular complexity index is 486. The Kier molecular flexibility index (Phi) is 4.27. The van der Waals surface area contributed by atoms with Crippen LogP contribution in [-0.4, -0.2) is 41.8 Å². The van der Waals surface area contributed by atoms with Crippen LogP contribution < -0.4 is 11.3 Å². The predicted molar refractivity (Wildman–Crippen MR) is 76.2 cm³/mol. The molecule has 1 aliphatic heterocycles. The van der Waals surface area contributed by atoms with E-state index in [4.69, 9.17) is 10.5 Å². The molecule has 106 valence electrons. The molecule has 2 rings (SSSR count). The molecule has 2 N–H and O–H groups in total. The Labute approximate surface area is 114 Å². The summed E-state index contributed by atoms with van der Waals surface area (Å²) in [5.74, 6) is 0. The molecule has 19 heavy (non-hydrogen) atoms. The number of ether oxygens (including phenoxy) is 1. The van der Waals surface area contributed by atoms with E-state index >= 15 is 0 Å². The van der Waals surface area contributed by atoms with Gasteiger partial charge in [-0.2, -0.15) is 0 Å². The van der Waals surface area contributed by atoms with Crippen molar-refractivity contribution in [1.82, 2.24) is 9.47 Å². The van der Waals surface area contributed by atoms with Gasteiger partial charge in [0.15, 0.2) is 0 Å². The summed E-state index contributed by atoms with van der Waals surface area (Å²) in [6.45, 7) is 5.65. The van der Waals surface area contributed by atoms with Crippen LogP contribution in [0, 0.1) is 0 Å². The molecule has 0 bridgehead atoms. The summed E-state index contributed by atoms with van der Waals surface area (Å²) < 4.78 is 7.25. The van der Waals surface area contributed by atoms with Gasteiger partial charge in [0.05, 0.1) is 5.60 Å². The van der Waals surface area contributed by atoms with Crippen LogP contribution in [0.4, 0.5) is 5.69 Å². The van der Waals surface area contributed by atoms with Gasteiger partial charge in [0.2, 0.25) is 0 Å². The van der Waals surface area contributed by atoms with Gasteiger partial charge < -0.3 is 15.0 Å². The van der Waals surface area contributed by atoms with Crippen LogP contribution in [0.3, 0.4) is 0 Å². The smallest absolute Gasteiger partial charge is 0.250 e. The summed E-state index contributed by atoms with van der Waals surface area (Å²) in [5, 5.41) is 0. The van der Waals surface area contributed by atoms with E-state index < -0.39 is 0 Å². The zero-order valence-electron chi connectivity index (χ0n) is 11.8. The normalized spacial score (nSPS) is 24.5. The van der Waals surface area contributed by atoms with Gasteiger partial charge in [-0.05, 0) is 32.4 Å². The lowest BCUT2D eigenvalue weighted by molar-refractivity contribution is -0.0512. The Morgan fingerprint density at radius 3 is 2.95 bits per heavy atom. The first-order valence-corrected chi connectivity index (χ1v) is 6.76. The molecule has 1 fully saturated rings. The molecule has 2 heterocycles. The number of anilines is 1. The van der Waals surface area contributed by atoms with Crippen LogP contribution in [0.1, 0.15) is 19.8 Å². The van der Waals surface area contributed by atoms with E-state index in [-0.39, 0.29) is 11.2 Å². The van der Waals surface area contributed by atoms with Crippen molar-refractivity contribution >= 4 is 5.69 Å². The number of rotatable bonds is 4. The maximum absolute atomic E-state index is 11.7. The highest BCUT2D eigenvalue weighted by molar-refractivity contribution is 5.33. The van der Waals surface area contributed by atoms with E-state index in [1.807, 2.05) is 0 Å². The van der Waals surface area contributed by atoms with Gasteiger partial charge >= 0.3 is 0 Å². The molecule has 1 aromatic heterocycles. The zero-order chi connectivity index (χ0) is 13.9. The van der Waals surface area contributed by atoms with Crippen LogP contribution in [0.5, 0.6) is 0 Å². The molecule has 0 radical (unpaired) electrons. The highest BCUT2D eigenvalue weighted by Crippen LogP contribution is 2.23. The first kappa shape index (κ1) is 14.1. The minimum absolute atomic E-state index is 0.000660. The molecule has 1 atom stereocenters. The maximum atomic E-state index is 11.7. The van der Waals surface area contributed by atoms with Crippen molar-refractivity contribution in [3.63, 3.8) is 0 Å². The summed E-state index contributed by atoms with van der Waals surface area (Å²) >= 11 is 0. The lowest BCUT2D eigenvalue weighted by Gasteiger charge is -2.39. The highest BCUT2D eigenvalue weighted by Gasteiger charge is 2.30. The number of hydrogen-bond acceptors (Lipinski definition) is 4. The van der Waals surface area contributed by atoms with Crippen LogP contribution in [-0.2, 0) is 11.3 Å². The molecular weight excluding hydrogens is 242 g/mol. The molecule has 0 amide bonds. The Morgan fingerprint density at radius 2 is 2.21 bits per heavy atom. The molecule has 5 nitrogen and oxygen atoms in total. The topological polar surface area (TPSA) is 60.5 Å². The Balaban J connectivity index is 1.95. The Morgan fingerprint density at radius 1 is 1.42 bits per heavy atom. The summed E-state index contributed by atoms with van der Waals surface area (Å²) in [6.07, 6.45) is 3.94. The quantitative estimate of drug-likeness (QED) is 0.880. The summed E-state index contributed by atoms with van der Waals surface area (Å²) in [5.41, 5.74) is 6.28. The molecule has 0 spiro atoms. The fourth-order valence-corrected chi connectivity index (χ4v) is 2.64. The van der Waals surface area contributed by atoms with Crippen molar-refractivity contribution < 1.29 is 4.74 Å². The number of nitrogens with two attached hydrogens (primary N) is 1. The minimum atomic E-state index is -0.0566. The third-order valence-corrected chi connectivity index (χ3v) is 3.89. The third kappa shape index (κ3) is 3.58. The fraction of sp³-hybridized carbons (Fsp3) is 0.643. The van der Waals surface area contributed by atoms with Crippen molar-refractivity contribution in [2.45, 2.75) is 31.9 Å². The Hall–Kier alpha value is -1.33. The van der Waals surface area contributed by atoms with Crippen LogP contribution in [0.25, 0.3) is 0 Å². The molecule has 0 saturated carbocycles. The lowest BCUT2D eigenvalue weighted by atomic mass is 9.95. The molecule has 1 aromatic rings. The predicted octanol–water partition coefficient (Wildman–Crippen LogP) is 0.931. The summed E-state index contributed by atoms with van der Waals surface area (Å²) in [4.78, 5) is 14.0. The van der Waals surface area contributed by atoms with E-state index in [9.17, 15) is 4.79 Å². The van der Waals surface area contributed by atoms with Crippen molar-refractivity contribution in [2.75, 3.05) is 32.5 Å². The molecule has 1 aliphatic rings. The number of methoxy groups -OCH3 is 1. The number of pyridine rings is 1. The van der Waals surface area contributed by atoms with Crippen molar-refractivity contribution in [3.05, 3.63) is 28.7 Å². The van der Waals surface area contributed by atoms with Gasteiger partial charge in [-0.25, -0.2) is 0 Å². The van der Waals surface area contributed by atoms with E-state index in [2.05, 4.69) is 11.8 Å². The highest BCUT2D eigenvalue weighted by atomic mass is 16.5. The van der Waals surface area contributed by atoms with Gasteiger partial charge in [-0.1, -0.05) is 0 Å². The first-order chi connectivity index (χ1) is 9.02. The van der Waals surface area contributed by atoms with Crippen molar-refractivity contribution in [1.29, 1.82) is 0 Å². The number of likely N-dealkylation sites (tertiary alicyclic amines) is 1. The van der Waals surface area contributed by atoms with E-state index in [0.717, 1.165) is 32.5 Å². The number of nitrogen functional groups attached to an aromatic ring is 1. The molecular formula is C14H23N3O2. The number of hydrogen-bond donors (Lipinski definition) is 1. The molecule has 0 aliphatic carbocycles.